The first kappa shape index (κ1) is 36.3. The van der Waals surface area contributed by atoms with Crippen LogP contribution < -0.4 is 9.80 Å². The van der Waals surface area contributed by atoms with Gasteiger partial charge in [0.05, 0.1) is 40.3 Å². The Kier molecular flexibility index (Phi) is 8.82. The van der Waals surface area contributed by atoms with Gasteiger partial charge in [0.25, 0.3) is 0 Å². The summed E-state index contributed by atoms with van der Waals surface area (Å²) in [4.78, 5) is 8.18. The van der Waals surface area contributed by atoms with E-state index in [0.29, 0.717) is 11.3 Å². The maximum atomic E-state index is 9.69. The van der Waals surface area contributed by atoms with E-state index in [-0.39, 0.29) is 0 Å². The number of benzene rings is 9. The SMILES string of the molecule is [C-]#[N+]c1ccc(N(c2ccc(N(c3ccc(C#N)cc3)c3ccc4c(c3)c3ccccc3n4-c3ccccc3)cc2)c2ccc3c(c2)c2ccccc2n3-c2ccccc2)cc1. The van der Waals surface area contributed by atoms with E-state index < -0.39 is 0 Å². The van der Waals surface area contributed by atoms with E-state index in [9.17, 15) is 5.26 Å². The molecule has 9 aromatic carbocycles. The van der Waals surface area contributed by atoms with Crippen molar-refractivity contribution in [2.24, 2.45) is 0 Å². The molecule has 290 valence electrons. The number of hydrogen-bond donors (Lipinski definition) is 0. The van der Waals surface area contributed by atoms with Crippen LogP contribution in [0.4, 0.5) is 39.8 Å². The predicted octanol–water partition coefficient (Wildman–Crippen LogP) is 15.2. The Labute approximate surface area is 359 Å². The second-order valence-electron chi connectivity index (χ2n) is 15.3. The Balaban J connectivity index is 1.06. The van der Waals surface area contributed by atoms with Crippen LogP contribution in [0, 0.1) is 17.9 Å². The monoisotopic (exact) mass is 792 g/mol. The fourth-order valence-electron chi connectivity index (χ4n) is 8.92. The highest BCUT2D eigenvalue weighted by Crippen LogP contribution is 2.43. The van der Waals surface area contributed by atoms with Gasteiger partial charge in [0.2, 0.25) is 0 Å². The quantitative estimate of drug-likeness (QED) is 0.144. The molecule has 6 heteroatoms. The molecule has 0 fully saturated rings. The molecule has 11 rings (SSSR count). The Morgan fingerprint density at radius 3 is 1.15 bits per heavy atom. The minimum atomic E-state index is 0.590. The zero-order valence-electron chi connectivity index (χ0n) is 33.5. The molecule has 0 aliphatic carbocycles. The van der Waals surface area contributed by atoms with Crippen molar-refractivity contribution in [3.63, 3.8) is 0 Å². The number of para-hydroxylation sites is 4. The molecule has 6 nitrogen and oxygen atoms in total. The van der Waals surface area contributed by atoms with Crippen molar-refractivity contribution in [1.82, 2.24) is 9.13 Å². The lowest BCUT2D eigenvalue weighted by molar-refractivity contribution is 1.18. The summed E-state index contributed by atoms with van der Waals surface area (Å²) < 4.78 is 4.65. The number of nitriles is 1. The number of aromatic nitrogens is 2. The summed E-state index contributed by atoms with van der Waals surface area (Å²) in [6.07, 6.45) is 0. The van der Waals surface area contributed by atoms with Crippen molar-refractivity contribution in [3.05, 3.63) is 235 Å². The van der Waals surface area contributed by atoms with E-state index in [1.807, 2.05) is 60.7 Å². The highest BCUT2D eigenvalue weighted by Gasteiger charge is 2.21. The molecule has 0 aliphatic rings. The van der Waals surface area contributed by atoms with Crippen molar-refractivity contribution in [2.45, 2.75) is 0 Å². The van der Waals surface area contributed by atoms with Crippen molar-refractivity contribution in [1.29, 1.82) is 5.26 Å². The molecule has 0 saturated carbocycles. The molecule has 62 heavy (non-hydrogen) atoms. The maximum absolute atomic E-state index is 9.69. The molecular weight excluding hydrogens is 757 g/mol. The molecule has 11 aromatic rings. The molecule has 0 spiro atoms. The smallest absolute Gasteiger partial charge is 0.187 e. The summed E-state index contributed by atoms with van der Waals surface area (Å²) in [5, 5.41) is 14.3. The first-order chi connectivity index (χ1) is 30.7. The molecule has 0 atom stereocenters. The van der Waals surface area contributed by atoms with Crippen LogP contribution in [0.25, 0.3) is 59.8 Å². The first-order valence-electron chi connectivity index (χ1n) is 20.5. The third kappa shape index (κ3) is 6.11. The van der Waals surface area contributed by atoms with Gasteiger partial charge < -0.3 is 18.9 Å². The Morgan fingerprint density at radius 1 is 0.371 bits per heavy atom. The highest BCUT2D eigenvalue weighted by atomic mass is 15.2. The molecule has 0 amide bonds. The number of hydrogen-bond acceptors (Lipinski definition) is 3. The second-order valence-corrected chi connectivity index (χ2v) is 15.3. The van der Waals surface area contributed by atoms with Gasteiger partial charge in [-0.25, -0.2) is 4.85 Å². The lowest BCUT2D eigenvalue weighted by Gasteiger charge is -2.28. The zero-order valence-corrected chi connectivity index (χ0v) is 33.5. The molecule has 2 heterocycles. The minimum absolute atomic E-state index is 0.590. The fraction of sp³-hybridized carbons (Fsp3) is 0. The fourth-order valence-corrected chi connectivity index (χ4v) is 8.92. The van der Waals surface area contributed by atoms with E-state index in [2.05, 4.69) is 188 Å². The van der Waals surface area contributed by atoms with Crippen LogP contribution >= 0.6 is 0 Å². The van der Waals surface area contributed by atoms with E-state index in [0.717, 1.165) is 78.3 Å². The van der Waals surface area contributed by atoms with Crippen LogP contribution in [0.5, 0.6) is 0 Å². The Hall–Kier alpha value is -8.84. The molecule has 0 radical (unpaired) electrons. The minimum Gasteiger partial charge on any atom is -0.311 e. The molecule has 0 bridgehead atoms. The van der Waals surface area contributed by atoms with Gasteiger partial charge in [-0.05, 0) is 133 Å². The molecule has 2 aromatic heterocycles. The largest absolute Gasteiger partial charge is 0.311 e. The first-order valence-corrected chi connectivity index (χ1v) is 20.5. The highest BCUT2D eigenvalue weighted by molar-refractivity contribution is 6.12. The van der Waals surface area contributed by atoms with Crippen molar-refractivity contribution in [3.8, 4) is 17.4 Å². The van der Waals surface area contributed by atoms with Crippen LogP contribution in [0.15, 0.2) is 218 Å². The average Bonchev–Trinajstić information content (AvgIpc) is 3.85. The normalized spacial score (nSPS) is 11.2. The van der Waals surface area contributed by atoms with Gasteiger partial charge in [0, 0.05) is 67.0 Å². The summed E-state index contributed by atoms with van der Waals surface area (Å²) in [6, 6.07) is 77.9. The molecule has 0 saturated heterocycles. The summed E-state index contributed by atoms with van der Waals surface area (Å²) in [6.45, 7) is 7.63. The van der Waals surface area contributed by atoms with Crippen LogP contribution in [0.2, 0.25) is 0 Å². The summed E-state index contributed by atoms with van der Waals surface area (Å²) in [5.41, 5.74) is 13.8. The summed E-state index contributed by atoms with van der Waals surface area (Å²) in [5.74, 6) is 0. The van der Waals surface area contributed by atoms with E-state index in [1.165, 1.54) is 10.8 Å². The topological polar surface area (TPSA) is 44.5 Å². The van der Waals surface area contributed by atoms with Crippen LogP contribution in [-0.4, -0.2) is 9.13 Å². The van der Waals surface area contributed by atoms with E-state index in [4.69, 9.17) is 6.57 Å². The van der Waals surface area contributed by atoms with Crippen LogP contribution in [-0.2, 0) is 0 Å². The van der Waals surface area contributed by atoms with Gasteiger partial charge in [-0.2, -0.15) is 5.26 Å². The summed E-state index contributed by atoms with van der Waals surface area (Å²) >= 11 is 0. The lowest BCUT2D eigenvalue weighted by atomic mass is 10.1. The van der Waals surface area contributed by atoms with Crippen LogP contribution in [0.3, 0.4) is 0 Å². The second kappa shape index (κ2) is 15.1. The average molecular weight is 793 g/mol. The van der Waals surface area contributed by atoms with E-state index >= 15 is 0 Å². The van der Waals surface area contributed by atoms with E-state index in [1.54, 1.807) is 0 Å². The number of fused-ring (bicyclic) bond motifs is 6. The van der Waals surface area contributed by atoms with Gasteiger partial charge in [-0.1, -0.05) is 84.9 Å². The third-order valence-corrected chi connectivity index (χ3v) is 11.7. The van der Waals surface area contributed by atoms with Gasteiger partial charge in [-0.3, -0.25) is 0 Å². The number of anilines is 6. The molecule has 0 N–H and O–H groups in total. The predicted molar refractivity (Wildman–Crippen MR) is 255 cm³/mol. The number of nitrogens with zero attached hydrogens (tertiary/aromatic N) is 6. The molecule has 0 aliphatic heterocycles. The molecular formula is C56H36N6. The van der Waals surface area contributed by atoms with Gasteiger partial charge in [0.1, 0.15) is 0 Å². The van der Waals surface area contributed by atoms with Gasteiger partial charge in [-0.15, -0.1) is 0 Å². The standard InChI is InChI=1S/C56H36N6/c1-58-40-22-26-44(27-23-40)60(48-33-35-56-52(37-48)50-17-9-11-19-54(50)62(56)42-14-6-3-7-15-42)46-30-28-45(29-31-46)59(43-24-20-39(38-57)21-25-43)47-32-34-55-51(36-47)49-16-8-10-18-53(49)61(55)41-12-4-2-5-13-41/h2-37H. The third-order valence-electron chi connectivity index (χ3n) is 11.7. The van der Waals surface area contributed by atoms with Crippen LogP contribution in [0.1, 0.15) is 5.56 Å². The lowest BCUT2D eigenvalue weighted by Crippen LogP contribution is -2.12. The molecule has 0 unspecified atom stereocenters. The Morgan fingerprint density at radius 2 is 0.726 bits per heavy atom. The summed E-state index contributed by atoms with van der Waals surface area (Å²) in [7, 11) is 0. The van der Waals surface area contributed by atoms with Crippen molar-refractivity contribution < 1.29 is 0 Å². The van der Waals surface area contributed by atoms with Gasteiger partial charge >= 0.3 is 0 Å². The Bertz CT molecular complexity index is 3280. The van der Waals surface area contributed by atoms with Crippen molar-refractivity contribution >= 4 is 83.4 Å². The van der Waals surface area contributed by atoms with Crippen molar-refractivity contribution in [2.75, 3.05) is 9.80 Å². The number of rotatable bonds is 8. The van der Waals surface area contributed by atoms with Gasteiger partial charge in [0.15, 0.2) is 5.69 Å². The maximum Gasteiger partial charge on any atom is 0.187 e. The zero-order chi connectivity index (χ0) is 41.6.